The molecule has 0 aliphatic heterocycles. The molecule has 1 N–H and O–H groups in total. The summed E-state index contributed by atoms with van der Waals surface area (Å²) in [5.41, 5.74) is 5.44. The fourth-order valence-electron chi connectivity index (χ4n) is 2.77. The minimum absolute atomic E-state index is 0.526. The molecule has 1 aliphatic carbocycles. The van der Waals surface area contributed by atoms with E-state index in [2.05, 4.69) is 80.5 Å². The molecule has 2 aromatic carbocycles. The first-order valence-electron chi connectivity index (χ1n) is 6.92. The van der Waals surface area contributed by atoms with Crippen LogP contribution < -0.4 is 5.32 Å². The second-order valence-electron chi connectivity index (χ2n) is 5.46. The summed E-state index contributed by atoms with van der Waals surface area (Å²) < 4.78 is 2.35. The highest BCUT2D eigenvalue weighted by Crippen LogP contribution is 2.27. The molecule has 0 aromatic heterocycles. The van der Waals surface area contributed by atoms with E-state index in [0.717, 1.165) is 12.8 Å². The normalized spacial score (nSPS) is 17.6. The van der Waals surface area contributed by atoms with Crippen LogP contribution in [0.25, 0.3) is 0 Å². The summed E-state index contributed by atoms with van der Waals surface area (Å²) >= 11 is 7.15. The van der Waals surface area contributed by atoms with E-state index in [1.54, 1.807) is 0 Å². The van der Waals surface area contributed by atoms with E-state index in [-0.39, 0.29) is 0 Å². The number of anilines is 1. The zero-order valence-electron chi connectivity index (χ0n) is 11.4. The van der Waals surface area contributed by atoms with Gasteiger partial charge in [-0.3, -0.25) is 0 Å². The number of hydrogen-bond donors (Lipinski definition) is 1. The predicted molar refractivity (Wildman–Crippen MR) is 92.5 cm³/mol. The van der Waals surface area contributed by atoms with Crippen molar-refractivity contribution in [2.24, 2.45) is 0 Å². The second-order valence-corrected chi connectivity index (χ2v) is 7.23. The number of nitrogens with one attached hydrogen (secondary N) is 1. The Kier molecular flexibility index (Phi) is 4.18. The van der Waals surface area contributed by atoms with Crippen molar-refractivity contribution in [3.8, 4) is 0 Å². The third-order valence-electron chi connectivity index (χ3n) is 3.94. The molecule has 104 valence electrons. The maximum absolute atomic E-state index is 3.66. The molecule has 20 heavy (non-hydrogen) atoms. The zero-order chi connectivity index (χ0) is 14.1. The van der Waals surface area contributed by atoms with Crippen LogP contribution in [-0.4, -0.2) is 6.04 Å². The van der Waals surface area contributed by atoms with Crippen LogP contribution in [0.5, 0.6) is 0 Å². The molecule has 3 rings (SSSR count). The molecule has 0 amide bonds. The fraction of sp³-hybridized carbons (Fsp3) is 0.294. The predicted octanol–water partition coefficient (Wildman–Crippen LogP) is 5.49. The molecule has 0 spiro atoms. The lowest BCUT2D eigenvalue weighted by atomic mass is 9.88. The van der Waals surface area contributed by atoms with Gasteiger partial charge in [-0.15, -0.1) is 0 Å². The highest BCUT2D eigenvalue weighted by molar-refractivity contribution is 9.10. The van der Waals surface area contributed by atoms with Crippen LogP contribution in [0.2, 0.25) is 0 Å². The third-order valence-corrected chi connectivity index (χ3v) is 5.29. The molecule has 0 saturated heterocycles. The summed E-state index contributed by atoms with van der Waals surface area (Å²) in [4.78, 5) is 0. The van der Waals surface area contributed by atoms with E-state index < -0.39 is 0 Å². The van der Waals surface area contributed by atoms with Crippen LogP contribution in [0, 0.1) is 6.92 Å². The van der Waals surface area contributed by atoms with Gasteiger partial charge in [0.15, 0.2) is 0 Å². The molecule has 0 radical (unpaired) electrons. The van der Waals surface area contributed by atoms with Crippen molar-refractivity contribution in [3.05, 3.63) is 62.0 Å². The summed E-state index contributed by atoms with van der Waals surface area (Å²) in [6, 6.07) is 13.7. The van der Waals surface area contributed by atoms with Crippen molar-refractivity contribution >= 4 is 37.5 Å². The van der Waals surface area contributed by atoms with Crippen molar-refractivity contribution in [2.75, 3.05) is 5.32 Å². The average molecular weight is 395 g/mol. The number of halogens is 2. The summed E-state index contributed by atoms with van der Waals surface area (Å²) in [5.74, 6) is 0. The molecule has 0 saturated carbocycles. The Balaban J connectivity index is 1.74. The maximum atomic E-state index is 3.66. The fourth-order valence-corrected chi connectivity index (χ4v) is 3.55. The number of hydrogen-bond acceptors (Lipinski definition) is 1. The molecule has 1 atom stereocenters. The lowest BCUT2D eigenvalue weighted by Crippen LogP contribution is -2.27. The zero-order valence-corrected chi connectivity index (χ0v) is 14.6. The standard InChI is InChI=1S/C17H17Br2N/c1-11-2-6-16(10-17(11)19)20-15-7-4-12-8-14(18)5-3-13(12)9-15/h2-3,5-6,8,10,15,20H,4,7,9H2,1H3. The van der Waals surface area contributed by atoms with Gasteiger partial charge in [-0.05, 0) is 67.1 Å². The first-order valence-corrected chi connectivity index (χ1v) is 8.50. The second kappa shape index (κ2) is 5.90. The van der Waals surface area contributed by atoms with E-state index >= 15 is 0 Å². The van der Waals surface area contributed by atoms with Crippen LogP contribution in [-0.2, 0) is 12.8 Å². The minimum Gasteiger partial charge on any atom is -0.382 e. The molecule has 1 unspecified atom stereocenters. The van der Waals surface area contributed by atoms with E-state index in [9.17, 15) is 0 Å². The van der Waals surface area contributed by atoms with Crippen molar-refractivity contribution in [3.63, 3.8) is 0 Å². The lowest BCUT2D eigenvalue weighted by Gasteiger charge is -2.26. The molecular formula is C17H17Br2N. The summed E-state index contributed by atoms with van der Waals surface area (Å²) in [7, 11) is 0. The van der Waals surface area contributed by atoms with Gasteiger partial charge < -0.3 is 5.32 Å². The number of fused-ring (bicyclic) bond motifs is 1. The molecule has 1 nitrogen and oxygen atoms in total. The monoisotopic (exact) mass is 393 g/mol. The molecule has 0 heterocycles. The quantitative estimate of drug-likeness (QED) is 0.709. The Bertz CT molecular complexity index is 637. The van der Waals surface area contributed by atoms with Gasteiger partial charge in [-0.2, -0.15) is 0 Å². The topological polar surface area (TPSA) is 12.0 Å². The largest absolute Gasteiger partial charge is 0.382 e. The molecule has 0 fully saturated rings. The third kappa shape index (κ3) is 3.09. The summed E-state index contributed by atoms with van der Waals surface area (Å²) in [6.45, 7) is 2.11. The van der Waals surface area contributed by atoms with Gasteiger partial charge in [0.1, 0.15) is 0 Å². The van der Waals surface area contributed by atoms with Gasteiger partial charge in [0.25, 0.3) is 0 Å². The van der Waals surface area contributed by atoms with E-state index in [1.807, 2.05) is 0 Å². The van der Waals surface area contributed by atoms with Gasteiger partial charge in [0, 0.05) is 20.7 Å². The Hall–Kier alpha value is -0.800. The molecule has 3 heteroatoms. The Morgan fingerprint density at radius 1 is 1.05 bits per heavy atom. The first-order chi connectivity index (χ1) is 9.61. The number of benzene rings is 2. The Morgan fingerprint density at radius 3 is 2.70 bits per heavy atom. The summed E-state index contributed by atoms with van der Waals surface area (Å²) in [5, 5.41) is 3.66. The molecule has 1 aliphatic rings. The molecular weight excluding hydrogens is 378 g/mol. The Morgan fingerprint density at radius 2 is 1.90 bits per heavy atom. The molecule has 2 aromatic rings. The smallest absolute Gasteiger partial charge is 0.0353 e. The highest BCUT2D eigenvalue weighted by atomic mass is 79.9. The van der Waals surface area contributed by atoms with Crippen molar-refractivity contribution in [1.29, 1.82) is 0 Å². The van der Waals surface area contributed by atoms with Gasteiger partial charge >= 0.3 is 0 Å². The van der Waals surface area contributed by atoms with E-state index in [1.165, 1.54) is 37.7 Å². The van der Waals surface area contributed by atoms with E-state index in [4.69, 9.17) is 0 Å². The van der Waals surface area contributed by atoms with Gasteiger partial charge in [-0.1, -0.05) is 44.0 Å². The minimum atomic E-state index is 0.526. The van der Waals surface area contributed by atoms with Crippen LogP contribution in [0.3, 0.4) is 0 Å². The molecule has 0 bridgehead atoms. The summed E-state index contributed by atoms with van der Waals surface area (Å²) in [6.07, 6.45) is 3.45. The maximum Gasteiger partial charge on any atom is 0.0353 e. The first kappa shape index (κ1) is 14.2. The SMILES string of the molecule is Cc1ccc(NC2CCc3cc(Br)ccc3C2)cc1Br. The van der Waals surface area contributed by atoms with Crippen LogP contribution in [0.1, 0.15) is 23.1 Å². The van der Waals surface area contributed by atoms with E-state index in [0.29, 0.717) is 6.04 Å². The van der Waals surface area contributed by atoms with Crippen LogP contribution in [0.4, 0.5) is 5.69 Å². The number of aryl methyl sites for hydroxylation is 2. The lowest BCUT2D eigenvalue weighted by molar-refractivity contribution is 0.610. The van der Waals surface area contributed by atoms with Gasteiger partial charge in [0.2, 0.25) is 0 Å². The van der Waals surface area contributed by atoms with Gasteiger partial charge in [-0.25, -0.2) is 0 Å². The van der Waals surface area contributed by atoms with Crippen molar-refractivity contribution in [2.45, 2.75) is 32.2 Å². The Labute approximate surface area is 137 Å². The highest BCUT2D eigenvalue weighted by Gasteiger charge is 2.18. The van der Waals surface area contributed by atoms with Crippen LogP contribution >= 0.6 is 31.9 Å². The average Bonchev–Trinajstić information content (AvgIpc) is 2.43. The van der Waals surface area contributed by atoms with Gasteiger partial charge in [0.05, 0.1) is 0 Å². The van der Waals surface area contributed by atoms with Crippen molar-refractivity contribution in [1.82, 2.24) is 0 Å². The van der Waals surface area contributed by atoms with Crippen LogP contribution in [0.15, 0.2) is 45.3 Å². The number of rotatable bonds is 2. The van der Waals surface area contributed by atoms with Crippen molar-refractivity contribution < 1.29 is 0 Å².